The fourth-order valence-corrected chi connectivity index (χ4v) is 2.69. The molecular weight excluding hydrogens is 293 g/mol. The number of aliphatic imine (C=N–C) groups is 1. The smallest absolute Gasteiger partial charge is 0.356 e. The number of nitrogens with zero attached hydrogens (tertiary/aromatic N) is 2. The van der Waals surface area contributed by atoms with Crippen LogP contribution in [0.1, 0.15) is 40.0 Å². The van der Waals surface area contributed by atoms with Crippen LogP contribution in [0.15, 0.2) is 4.99 Å². The van der Waals surface area contributed by atoms with Gasteiger partial charge >= 0.3 is 6.18 Å². The van der Waals surface area contributed by atoms with E-state index in [9.17, 15) is 13.2 Å². The number of alkyl halides is 3. The molecule has 22 heavy (non-hydrogen) atoms. The number of guanidine groups is 1. The molecule has 1 unspecified atom stereocenters. The van der Waals surface area contributed by atoms with Crippen LogP contribution < -0.4 is 10.6 Å². The molecule has 1 aliphatic rings. The van der Waals surface area contributed by atoms with Gasteiger partial charge in [0.1, 0.15) is 0 Å². The summed E-state index contributed by atoms with van der Waals surface area (Å²) in [5.41, 5.74) is -0.0592. The van der Waals surface area contributed by atoms with Gasteiger partial charge in [-0.05, 0) is 39.2 Å². The van der Waals surface area contributed by atoms with E-state index in [0.717, 1.165) is 13.1 Å². The zero-order valence-corrected chi connectivity index (χ0v) is 14.1. The van der Waals surface area contributed by atoms with Crippen molar-refractivity contribution in [2.45, 2.75) is 51.7 Å². The molecule has 0 bridgehead atoms. The van der Waals surface area contributed by atoms with Crippen LogP contribution in [0.25, 0.3) is 0 Å². The van der Waals surface area contributed by atoms with Crippen LogP contribution in [0.4, 0.5) is 13.2 Å². The van der Waals surface area contributed by atoms with Crippen molar-refractivity contribution in [1.82, 2.24) is 15.5 Å². The first-order chi connectivity index (χ1) is 10.1. The van der Waals surface area contributed by atoms with Crippen LogP contribution in [0.5, 0.6) is 0 Å². The maximum absolute atomic E-state index is 12.2. The molecule has 4 nitrogen and oxygen atoms in total. The van der Waals surface area contributed by atoms with Gasteiger partial charge in [0, 0.05) is 32.2 Å². The lowest BCUT2D eigenvalue weighted by molar-refractivity contribution is -0.132. The first-order valence-electron chi connectivity index (χ1n) is 7.90. The third-order valence-corrected chi connectivity index (χ3v) is 4.13. The third kappa shape index (κ3) is 6.85. The van der Waals surface area contributed by atoms with Crippen molar-refractivity contribution in [2.24, 2.45) is 10.9 Å². The van der Waals surface area contributed by atoms with Gasteiger partial charge in [-0.1, -0.05) is 6.92 Å². The minimum atomic E-state index is -4.14. The molecule has 7 heteroatoms. The Morgan fingerprint density at radius 3 is 2.50 bits per heavy atom. The van der Waals surface area contributed by atoms with Crippen LogP contribution in [0.3, 0.4) is 0 Å². The number of hydrogen-bond acceptors (Lipinski definition) is 2. The highest BCUT2D eigenvalue weighted by Gasteiger charge is 2.30. The van der Waals surface area contributed by atoms with Crippen molar-refractivity contribution in [3.63, 3.8) is 0 Å². The summed E-state index contributed by atoms with van der Waals surface area (Å²) in [5.74, 6) is 1.11. The van der Waals surface area contributed by atoms with Gasteiger partial charge in [0.25, 0.3) is 0 Å². The Kier molecular flexibility index (Phi) is 6.97. The van der Waals surface area contributed by atoms with E-state index in [1.807, 2.05) is 0 Å². The van der Waals surface area contributed by atoms with Gasteiger partial charge in [-0.3, -0.25) is 9.89 Å². The number of likely N-dealkylation sites (tertiary alicyclic amines) is 1. The molecule has 1 saturated heterocycles. The SMILES string of the molecule is CN=C(NCCC(F)(F)F)NCC(C)(C)N1CCCC(C)C1. The van der Waals surface area contributed by atoms with Gasteiger partial charge in [-0.2, -0.15) is 13.2 Å². The molecule has 1 rings (SSSR count). The van der Waals surface area contributed by atoms with Crippen LogP contribution in [-0.4, -0.2) is 55.8 Å². The van der Waals surface area contributed by atoms with Crippen molar-refractivity contribution in [1.29, 1.82) is 0 Å². The van der Waals surface area contributed by atoms with Gasteiger partial charge in [-0.15, -0.1) is 0 Å². The average Bonchev–Trinajstić information content (AvgIpc) is 2.41. The van der Waals surface area contributed by atoms with E-state index in [2.05, 4.69) is 41.3 Å². The molecule has 1 atom stereocenters. The van der Waals surface area contributed by atoms with E-state index in [1.54, 1.807) is 7.05 Å². The van der Waals surface area contributed by atoms with Crippen LogP contribution in [0, 0.1) is 5.92 Å². The molecular formula is C15H29F3N4. The molecule has 0 aliphatic carbocycles. The van der Waals surface area contributed by atoms with E-state index >= 15 is 0 Å². The van der Waals surface area contributed by atoms with Gasteiger partial charge < -0.3 is 10.6 Å². The molecule has 130 valence electrons. The highest BCUT2D eigenvalue weighted by atomic mass is 19.4. The Bertz CT molecular complexity index is 366. The average molecular weight is 322 g/mol. The molecule has 1 heterocycles. The monoisotopic (exact) mass is 322 g/mol. The molecule has 0 saturated carbocycles. The molecule has 2 N–H and O–H groups in total. The normalized spacial score (nSPS) is 21.8. The quantitative estimate of drug-likeness (QED) is 0.604. The van der Waals surface area contributed by atoms with Crippen molar-refractivity contribution >= 4 is 5.96 Å². The number of halogens is 3. The van der Waals surface area contributed by atoms with E-state index in [4.69, 9.17) is 0 Å². The highest BCUT2D eigenvalue weighted by Crippen LogP contribution is 2.23. The van der Waals surface area contributed by atoms with Crippen LogP contribution >= 0.6 is 0 Å². The zero-order chi connectivity index (χ0) is 16.8. The van der Waals surface area contributed by atoms with Gasteiger partial charge in [0.05, 0.1) is 6.42 Å². The van der Waals surface area contributed by atoms with Gasteiger partial charge in [-0.25, -0.2) is 0 Å². The van der Waals surface area contributed by atoms with Gasteiger partial charge in [0.15, 0.2) is 5.96 Å². The summed E-state index contributed by atoms with van der Waals surface area (Å²) in [4.78, 5) is 6.42. The second-order valence-electron chi connectivity index (χ2n) is 6.72. The highest BCUT2D eigenvalue weighted by molar-refractivity contribution is 5.79. The molecule has 0 amide bonds. The summed E-state index contributed by atoms with van der Waals surface area (Å²) in [6.45, 7) is 9.18. The zero-order valence-electron chi connectivity index (χ0n) is 14.1. The maximum Gasteiger partial charge on any atom is 0.390 e. The largest absolute Gasteiger partial charge is 0.390 e. The third-order valence-electron chi connectivity index (χ3n) is 4.13. The first kappa shape index (κ1) is 19.1. The first-order valence-corrected chi connectivity index (χ1v) is 7.90. The molecule has 1 aliphatic heterocycles. The topological polar surface area (TPSA) is 39.7 Å². The van der Waals surface area contributed by atoms with Crippen LogP contribution in [0.2, 0.25) is 0 Å². The van der Waals surface area contributed by atoms with Crippen molar-refractivity contribution in [3.05, 3.63) is 0 Å². The number of nitrogens with one attached hydrogen (secondary N) is 2. The van der Waals surface area contributed by atoms with E-state index < -0.39 is 12.6 Å². The number of hydrogen-bond donors (Lipinski definition) is 2. The number of rotatable bonds is 5. The fourth-order valence-electron chi connectivity index (χ4n) is 2.69. The molecule has 0 aromatic rings. The van der Waals surface area contributed by atoms with E-state index in [-0.39, 0.29) is 12.1 Å². The van der Waals surface area contributed by atoms with Crippen molar-refractivity contribution in [3.8, 4) is 0 Å². The Balaban J connectivity index is 2.41. The lowest BCUT2D eigenvalue weighted by Gasteiger charge is -2.43. The summed E-state index contributed by atoms with van der Waals surface area (Å²) in [6.07, 6.45) is -2.54. The molecule has 0 aromatic heterocycles. The molecule has 0 radical (unpaired) electrons. The Hall–Kier alpha value is -0.980. The van der Waals surface area contributed by atoms with E-state index in [0.29, 0.717) is 18.4 Å². The Morgan fingerprint density at radius 2 is 1.95 bits per heavy atom. The summed E-state index contributed by atoms with van der Waals surface area (Å²) < 4.78 is 36.5. The summed E-state index contributed by atoms with van der Waals surface area (Å²) in [5, 5.41) is 5.85. The standard InChI is InChI=1S/C15H29F3N4/c1-12-6-5-9-22(10-12)14(2,3)11-21-13(19-4)20-8-7-15(16,17)18/h12H,5-11H2,1-4H3,(H2,19,20,21). The predicted octanol–water partition coefficient (Wildman–Crippen LogP) is 2.61. The van der Waals surface area contributed by atoms with E-state index in [1.165, 1.54) is 12.8 Å². The minimum Gasteiger partial charge on any atom is -0.356 e. The Morgan fingerprint density at radius 1 is 1.27 bits per heavy atom. The van der Waals surface area contributed by atoms with Crippen molar-refractivity contribution in [2.75, 3.05) is 33.2 Å². The summed E-state index contributed by atoms with van der Waals surface area (Å²) in [7, 11) is 1.57. The van der Waals surface area contributed by atoms with Crippen LogP contribution in [-0.2, 0) is 0 Å². The maximum atomic E-state index is 12.2. The minimum absolute atomic E-state index is 0.0592. The molecule has 0 spiro atoms. The number of piperidine rings is 1. The second-order valence-corrected chi connectivity index (χ2v) is 6.72. The summed E-state index contributed by atoms with van der Waals surface area (Å²) >= 11 is 0. The molecule has 1 fully saturated rings. The predicted molar refractivity (Wildman–Crippen MR) is 84.1 cm³/mol. The molecule has 0 aromatic carbocycles. The second kappa shape index (κ2) is 8.04. The lowest BCUT2D eigenvalue weighted by atomic mass is 9.93. The fraction of sp³-hybridized carbons (Fsp3) is 0.933. The van der Waals surface area contributed by atoms with Gasteiger partial charge in [0.2, 0.25) is 0 Å². The lowest BCUT2D eigenvalue weighted by Crippen LogP contribution is -2.56. The van der Waals surface area contributed by atoms with Crippen molar-refractivity contribution < 1.29 is 13.2 Å². The summed E-state index contributed by atoms with van der Waals surface area (Å²) in [6, 6.07) is 0. The Labute approximate surface area is 131 Å².